The van der Waals surface area contributed by atoms with Crippen LogP contribution in [-0.4, -0.2) is 38.9 Å². The summed E-state index contributed by atoms with van der Waals surface area (Å²) in [6.45, 7) is 7.42. The van der Waals surface area contributed by atoms with Gasteiger partial charge in [0.25, 0.3) is 0 Å². The van der Waals surface area contributed by atoms with Gasteiger partial charge in [0, 0.05) is 38.5 Å². The monoisotopic (exact) mass is 276 g/mol. The van der Waals surface area contributed by atoms with Crippen molar-refractivity contribution in [1.29, 1.82) is 0 Å². The van der Waals surface area contributed by atoms with E-state index < -0.39 is 0 Å². The Hall–Kier alpha value is -1.06. The number of benzene rings is 1. The molecule has 1 atom stereocenters. The Morgan fingerprint density at radius 3 is 2.80 bits per heavy atom. The molecule has 0 aliphatic carbocycles. The van der Waals surface area contributed by atoms with Crippen LogP contribution in [0.25, 0.3) is 0 Å². The molecule has 1 aliphatic rings. The fourth-order valence-corrected chi connectivity index (χ4v) is 2.64. The van der Waals surface area contributed by atoms with E-state index in [4.69, 9.17) is 4.74 Å². The van der Waals surface area contributed by atoms with Crippen molar-refractivity contribution in [2.24, 2.45) is 0 Å². The molecule has 1 aromatic rings. The molecule has 0 aromatic heterocycles. The number of hydrogen-bond donors (Lipinski definition) is 1. The third kappa shape index (κ3) is 5.14. The Balaban J connectivity index is 1.72. The van der Waals surface area contributed by atoms with Crippen molar-refractivity contribution >= 4 is 5.69 Å². The average molecular weight is 276 g/mol. The van der Waals surface area contributed by atoms with Crippen LogP contribution in [-0.2, 0) is 4.74 Å². The van der Waals surface area contributed by atoms with Crippen molar-refractivity contribution in [3.05, 3.63) is 30.3 Å². The largest absolute Gasteiger partial charge is 0.377 e. The first-order chi connectivity index (χ1) is 9.90. The first kappa shape index (κ1) is 15.3. The molecule has 0 spiro atoms. The SMILES string of the molecule is CCCCN(CCNCC1CCCO1)c1ccccc1. The lowest BCUT2D eigenvalue weighted by Gasteiger charge is -2.25. The minimum atomic E-state index is 0.441. The zero-order valence-corrected chi connectivity index (χ0v) is 12.7. The minimum Gasteiger partial charge on any atom is -0.377 e. The highest BCUT2D eigenvalue weighted by atomic mass is 16.5. The van der Waals surface area contributed by atoms with Crippen LogP contribution in [0, 0.1) is 0 Å². The first-order valence-electron chi connectivity index (χ1n) is 8.02. The Bertz CT molecular complexity index is 349. The standard InChI is InChI=1S/C17H28N2O/c1-2-3-12-19(16-8-5-4-6-9-16)13-11-18-15-17-10-7-14-20-17/h4-6,8-9,17-18H,2-3,7,10-15H2,1H3. The van der Waals surface area contributed by atoms with Crippen LogP contribution in [0.1, 0.15) is 32.6 Å². The van der Waals surface area contributed by atoms with Gasteiger partial charge in [-0.05, 0) is 31.4 Å². The molecule has 3 heteroatoms. The van der Waals surface area contributed by atoms with Crippen molar-refractivity contribution in [2.75, 3.05) is 37.7 Å². The van der Waals surface area contributed by atoms with E-state index >= 15 is 0 Å². The van der Waals surface area contributed by atoms with Gasteiger partial charge in [0.15, 0.2) is 0 Å². The molecule has 3 nitrogen and oxygen atoms in total. The number of anilines is 1. The lowest BCUT2D eigenvalue weighted by Crippen LogP contribution is -2.35. The molecule has 1 unspecified atom stereocenters. The van der Waals surface area contributed by atoms with Crippen LogP contribution in [0.5, 0.6) is 0 Å². The quantitative estimate of drug-likeness (QED) is 0.702. The predicted molar refractivity (Wildman–Crippen MR) is 85.4 cm³/mol. The highest BCUT2D eigenvalue weighted by molar-refractivity contribution is 5.45. The van der Waals surface area contributed by atoms with Gasteiger partial charge in [0.05, 0.1) is 6.10 Å². The Kier molecular flexibility index (Phi) is 6.89. The maximum Gasteiger partial charge on any atom is 0.0700 e. The molecule has 1 saturated heterocycles. The molecule has 112 valence electrons. The van der Waals surface area contributed by atoms with Crippen LogP contribution in [0.3, 0.4) is 0 Å². The molecule has 1 heterocycles. The average Bonchev–Trinajstić information content (AvgIpc) is 3.01. The summed E-state index contributed by atoms with van der Waals surface area (Å²) >= 11 is 0. The first-order valence-corrected chi connectivity index (χ1v) is 8.02. The second kappa shape index (κ2) is 8.98. The number of unbranched alkanes of at least 4 members (excludes halogenated alkanes) is 1. The van der Waals surface area contributed by atoms with Crippen LogP contribution >= 0.6 is 0 Å². The van der Waals surface area contributed by atoms with E-state index in [1.165, 1.54) is 31.4 Å². The van der Waals surface area contributed by atoms with E-state index in [0.717, 1.165) is 32.8 Å². The minimum absolute atomic E-state index is 0.441. The number of rotatable bonds is 9. The number of ether oxygens (including phenoxy) is 1. The van der Waals surface area contributed by atoms with E-state index in [1.807, 2.05) is 0 Å². The lowest BCUT2D eigenvalue weighted by atomic mass is 10.2. The van der Waals surface area contributed by atoms with Gasteiger partial charge in [-0.15, -0.1) is 0 Å². The van der Waals surface area contributed by atoms with Crippen LogP contribution in [0.2, 0.25) is 0 Å². The van der Waals surface area contributed by atoms with Crippen LogP contribution in [0.15, 0.2) is 30.3 Å². The fraction of sp³-hybridized carbons (Fsp3) is 0.647. The third-order valence-electron chi connectivity index (χ3n) is 3.86. The number of para-hydroxylation sites is 1. The maximum atomic E-state index is 5.63. The summed E-state index contributed by atoms with van der Waals surface area (Å²) in [6, 6.07) is 10.7. The smallest absolute Gasteiger partial charge is 0.0700 e. The molecule has 0 saturated carbocycles. The summed E-state index contributed by atoms with van der Waals surface area (Å²) in [6.07, 6.45) is 5.37. The molecule has 2 rings (SSSR count). The fourth-order valence-electron chi connectivity index (χ4n) is 2.64. The molecule has 0 radical (unpaired) electrons. The second-order valence-corrected chi connectivity index (χ2v) is 5.52. The van der Waals surface area contributed by atoms with Crippen molar-refractivity contribution in [1.82, 2.24) is 5.32 Å². The van der Waals surface area contributed by atoms with Crippen LogP contribution < -0.4 is 10.2 Å². The molecule has 1 aliphatic heterocycles. The highest BCUT2D eigenvalue weighted by Crippen LogP contribution is 2.14. The van der Waals surface area contributed by atoms with Gasteiger partial charge in [0.1, 0.15) is 0 Å². The predicted octanol–water partition coefficient (Wildman–Crippen LogP) is 3.06. The Morgan fingerprint density at radius 2 is 2.10 bits per heavy atom. The Morgan fingerprint density at radius 1 is 1.25 bits per heavy atom. The molecule has 1 aromatic carbocycles. The molecule has 20 heavy (non-hydrogen) atoms. The van der Waals surface area contributed by atoms with Gasteiger partial charge in [-0.3, -0.25) is 0 Å². The van der Waals surface area contributed by atoms with E-state index in [-0.39, 0.29) is 0 Å². The topological polar surface area (TPSA) is 24.5 Å². The number of nitrogens with zero attached hydrogens (tertiary/aromatic N) is 1. The van der Waals surface area contributed by atoms with Crippen molar-refractivity contribution in [2.45, 2.75) is 38.7 Å². The molecule has 0 amide bonds. The molecule has 1 fully saturated rings. The number of hydrogen-bond acceptors (Lipinski definition) is 3. The van der Waals surface area contributed by atoms with Gasteiger partial charge in [-0.2, -0.15) is 0 Å². The second-order valence-electron chi connectivity index (χ2n) is 5.52. The molecular formula is C17H28N2O. The van der Waals surface area contributed by atoms with Crippen molar-refractivity contribution < 1.29 is 4.74 Å². The number of nitrogens with one attached hydrogen (secondary N) is 1. The summed E-state index contributed by atoms with van der Waals surface area (Å²) in [7, 11) is 0. The molecular weight excluding hydrogens is 248 g/mol. The Labute approximate surface area is 123 Å². The third-order valence-corrected chi connectivity index (χ3v) is 3.86. The van der Waals surface area contributed by atoms with Gasteiger partial charge in [0.2, 0.25) is 0 Å². The van der Waals surface area contributed by atoms with E-state index in [9.17, 15) is 0 Å². The summed E-state index contributed by atoms with van der Waals surface area (Å²) in [5.74, 6) is 0. The van der Waals surface area contributed by atoms with Crippen LogP contribution in [0.4, 0.5) is 5.69 Å². The zero-order chi connectivity index (χ0) is 14.0. The lowest BCUT2D eigenvalue weighted by molar-refractivity contribution is 0.110. The van der Waals surface area contributed by atoms with E-state index in [1.54, 1.807) is 0 Å². The highest BCUT2D eigenvalue weighted by Gasteiger charge is 2.14. The van der Waals surface area contributed by atoms with E-state index in [0.29, 0.717) is 6.10 Å². The summed E-state index contributed by atoms with van der Waals surface area (Å²) in [5, 5.41) is 3.54. The summed E-state index contributed by atoms with van der Waals surface area (Å²) in [5.41, 5.74) is 1.33. The zero-order valence-electron chi connectivity index (χ0n) is 12.7. The maximum absolute atomic E-state index is 5.63. The van der Waals surface area contributed by atoms with E-state index in [2.05, 4.69) is 47.5 Å². The summed E-state index contributed by atoms with van der Waals surface area (Å²) in [4.78, 5) is 2.48. The van der Waals surface area contributed by atoms with Gasteiger partial charge >= 0.3 is 0 Å². The van der Waals surface area contributed by atoms with Gasteiger partial charge in [-0.1, -0.05) is 31.5 Å². The van der Waals surface area contributed by atoms with Crippen molar-refractivity contribution in [3.8, 4) is 0 Å². The molecule has 0 bridgehead atoms. The normalized spacial score (nSPS) is 18.4. The van der Waals surface area contributed by atoms with Gasteiger partial charge < -0.3 is 15.0 Å². The molecule has 1 N–H and O–H groups in total. The van der Waals surface area contributed by atoms with Gasteiger partial charge in [-0.25, -0.2) is 0 Å². The summed E-state index contributed by atoms with van der Waals surface area (Å²) < 4.78 is 5.63. The van der Waals surface area contributed by atoms with Crippen molar-refractivity contribution in [3.63, 3.8) is 0 Å².